The van der Waals surface area contributed by atoms with E-state index in [1.54, 1.807) is 18.3 Å². The monoisotopic (exact) mass is 577 g/mol. The second-order valence-corrected chi connectivity index (χ2v) is 11.4. The van der Waals surface area contributed by atoms with E-state index in [-0.39, 0.29) is 52.6 Å². The number of nitrogens with one attached hydrogen (secondary N) is 1. The molecule has 0 unspecified atom stereocenters. The van der Waals surface area contributed by atoms with Crippen molar-refractivity contribution in [1.29, 1.82) is 0 Å². The molecule has 1 heterocycles. The first-order chi connectivity index (χ1) is 17.8. The van der Waals surface area contributed by atoms with Crippen LogP contribution < -0.4 is 5.32 Å². The van der Waals surface area contributed by atoms with Gasteiger partial charge in [-0.05, 0) is 86.9 Å². The van der Waals surface area contributed by atoms with Gasteiger partial charge in [0.2, 0.25) is 0 Å². The maximum absolute atomic E-state index is 13.3. The number of benzene rings is 2. The molecule has 3 aromatic rings. The quantitative estimate of drug-likeness (QED) is 0.242. The third-order valence-electron chi connectivity index (χ3n) is 7.68. The van der Waals surface area contributed by atoms with Crippen LogP contribution in [0.2, 0.25) is 10.0 Å². The molecule has 9 heteroatoms. The topological polar surface area (TPSA) is 85.7 Å². The van der Waals surface area contributed by atoms with Crippen LogP contribution in [0.15, 0.2) is 36.5 Å². The lowest BCUT2D eigenvalue weighted by Gasteiger charge is -2.32. The molecule has 2 saturated carbocycles. The Kier molecular flexibility index (Phi) is 9.43. The molecule has 1 aromatic heterocycles. The first kappa shape index (κ1) is 28.9. The Hall–Kier alpha value is -2.09. The molecule has 0 spiro atoms. The van der Waals surface area contributed by atoms with Crippen LogP contribution in [0.4, 0.5) is 5.69 Å². The number of aromatic nitrogens is 1. The summed E-state index contributed by atoms with van der Waals surface area (Å²) in [5, 5.41) is 24.2. The molecule has 6 nitrogen and oxygen atoms in total. The number of carbonyl (C=O) groups is 1. The molecule has 3 N–H and O–H groups in total. The second-order valence-electron chi connectivity index (χ2n) is 10.6. The van der Waals surface area contributed by atoms with Crippen LogP contribution in [0.3, 0.4) is 0 Å². The Bertz CT molecular complexity index is 1280. The number of carbonyl (C=O) groups excluding carboxylic acids is 1. The van der Waals surface area contributed by atoms with Crippen molar-refractivity contribution in [2.24, 2.45) is 11.8 Å². The highest BCUT2D eigenvalue weighted by Crippen LogP contribution is 2.40. The highest BCUT2D eigenvalue weighted by Gasteiger charge is 2.33. The van der Waals surface area contributed by atoms with Crippen LogP contribution in [0, 0.1) is 11.8 Å². The first-order valence-corrected chi connectivity index (χ1v) is 13.8. The standard InChI is InChI=1S/C29H33Cl2N3O3.ClH/c1-34(10-11-35)16-17-2-7-21(8-3-17)33-27-22-12-19(20-13-24(30)29(37)25(31)14-20)6-9-26(22)32-15-23(27)28(36)18-4-5-18;/h6,9,12-15,17-18,21,35,37H,2-5,7-8,10-11,16H2,1H3,(H,32,33);1H/t17-,21-;. The number of hydrogen-bond donors (Lipinski definition) is 3. The Balaban J connectivity index is 0.00000336. The Morgan fingerprint density at radius 2 is 1.74 bits per heavy atom. The van der Waals surface area contributed by atoms with E-state index in [1.165, 1.54) is 0 Å². The predicted molar refractivity (Wildman–Crippen MR) is 157 cm³/mol. The van der Waals surface area contributed by atoms with Crippen molar-refractivity contribution < 1.29 is 15.0 Å². The van der Waals surface area contributed by atoms with Crippen LogP contribution >= 0.6 is 35.6 Å². The van der Waals surface area contributed by atoms with Crippen LogP contribution in [-0.2, 0) is 0 Å². The number of halogens is 3. The van der Waals surface area contributed by atoms with Crippen molar-refractivity contribution in [2.75, 3.05) is 32.1 Å². The van der Waals surface area contributed by atoms with Gasteiger partial charge in [0.1, 0.15) is 0 Å². The van der Waals surface area contributed by atoms with Crippen molar-refractivity contribution >= 4 is 58.0 Å². The average Bonchev–Trinajstić information content (AvgIpc) is 3.73. The maximum Gasteiger partial charge on any atom is 0.169 e. The Morgan fingerprint density at radius 1 is 1.05 bits per heavy atom. The normalized spacial score (nSPS) is 19.4. The molecule has 2 fully saturated rings. The lowest BCUT2D eigenvalue weighted by Crippen LogP contribution is -2.33. The summed E-state index contributed by atoms with van der Waals surface area (Å²) in [6.45, 7) is 1.89. The molecule has 2 aliphatic rings. The summed E-state index contributed by atoms with van der Waals surface area (Å²) in [7, 11) is 2.06. The number of pyridine rings is 1. The number of nitrogens with zero attached hydrogens (tertiary/aromatic N) is 2. The molecule has 5 rings (SSSR count). The van der Waals surface area contributed by atoms with Crippen molar-refractivity contribution in [2.45, 2.75) is 44.6 Å². The third-order valence-corrected chi connectivity index (χ3v) is 8.25. The molecular formula is C29H34Cl3N3O3. The number of aliphatic hydroxyl groups is 1. The summed E-state index contributed by atoms with van der Waals surface area (Å²) in [5.41, 5.74) is 4.01. The van der Waals surface area contributed by atoms with E-state index in [0.29, 0.717) is 18.0 Å². The lowest BCUT2D eigenvalue weighted by molar-refractivity contribution is 0.0968. The van der Waals surface area contributed by atoms with Gasteiger partial charge in [0, 0.05) is 36.6 Å². The van der Waals surface area contributed by atoms with E-state index in [0.717, 1.165) is 72.8 Å². The molecule has 38 heavy (non-hydrogen) atoms. The van der Waals surface area contributed by atoms with Gasteiger partial charge in [0.25, 0.3) is 0 Å². The van der Waals surface area contributed by atoms with Crippen LogP contribution in [0.1, 0.15) is 48.9 Å². The minimum absolute atomic E-state index is 0. The largest absolute Gasteiger partial charge is 0.505 e. The smallest absolute Gasteiger partial charge is 0.169 e. The van der Waals surface area contributed by atoms with Gasteiger partial charge in [-0.3, -0.25) is 9.78 Å². The number of rotatable bonds is 9. The zero-order valence-electron chi connectivity index (χ0n) is 21.4. The maximum atomic E-state index is 13.3. The lowest BCUT2D eigenvalue weighted by atomic mass is 9.85. The molecule has 204 valence electrons. The van der Waals surface area contributed by atoms with Gasteiger partial charge < -0.3 is 20.4 Å². The number of phenols is 1. The summed E-state index contributed by atoms with van der Waals surface area (Å²) < 4.78 is 0. The van der Waals surface area contributed by atoms with E-state index in [9.17, 15) is 15.0 Å². The van der Waals surface area contributed by atoms with Crippen LogP contribution in [-0.4, -0.2) is 58.7 Å². The number of ketones is 1. The minimum Gasteiger partial charge on any atom is -0.505 e. The molecule has 2 aliphatic carbocycles. The van der Waals surface area contributed by atoms with Crippen molar-refractivity contribution in [3.8, 4) is 16.9 Å². The number of hydrogen-bond acceptors (Lipinski definition) is 6. The summed E-state index contributed by atoms with van der Waals surface area (Å²) in [4.78, 5) is 20.1. The Labute approximate surface area is 239 Å². The van der Waals surface area contributed by atoms with Gasteiger partial charge in [-0.15, -0.1) is 12.4 Å². The molecule has 0 bridgehead atoms. The number of aliphatic hydroxyl groups excluding tert-OH is 1. The van der Waals surface area contributed by atoms with E-state index < -0.39 is 0 Å². The highest BCUT2D eigenvalue weighted by atomic mass is 35.5. The average molecular weight is 579 g/mol. The van der Waals surface area contributed by atoms with Gasteiger partial charge in [-0.2, -0.15) is 0 Å². The van der Waals surface area contributed by atoms with Gasteiger partial charge in [0.05, 0.1) is 33.4 Å². The molecule has 0 aliphatic heterocycles. The first-order valence-electron chi connectivity index (χ1n) is 13.0. The number of Topliss-reactive ketones (excluding diaryl/α,β-unsaturated/α-hetero) is 1. The summed E-state index contributed by atoms with van der Waals surface area (Å²) in [5.74, 6) is 0.743. The molecule has 0 atom stereocenters. The predicted octanol–water partition coefficient (Wildman–Crippen LogP) is 6.82. The van der Waals surface area contributed by atoms with Crippen molar-refractivity contribution in [1.82, 2.24) is 9.88 Å². The molecule has 0 saturated heterocycles. The molecule has 0 radical (unpaired) electrons. The van der Waals surface area contributed by atoms with E-state index in [4.69, 9.17) is 23.2 Å². The molecular weight excluding hydrogens is 545 g/mol. The fourth-order valence-electron chi connectivity index (χ4n) is 5.41. The zero-order chi connectivity index (χ0) is 26.1. The fourth-order valence-corrected chi connectivity index (χ4v) is 5.90. The van der Waals surface area contributed by atoms with Gasteiger partial charge in [-0.25, -0.2) is 0 Å². The summed E-state index contributed by atoms with van der Waals surface area (Å²) >= 11 is 12.4. The number of likely N-dealkylation sites (N-methyl/N-ethyl adjacent to an activating group) is 1. The zero-order valence-corrected chi connectivity index (χ0v) is 23.7. The number of aromatic hydroxyl groups is 1. The number of anilines is 1. The highest BCUT2D eigenvalue weighted by molar-refractivity contribution is 6.37. The molecule has 0 amide bonds. The number of fused-ring (bicyclic) bond motifs is 1. The van der Waals surface area contributed by atoms with Gasteiger partial charge in [-0.1, -0.05) is 29.3 Å². The second kappa shape index (κ2) is 12.4. The van der Waals surface area contributed by atoms with E-state index in [1.807, 2.05) is 18.2 Å². The minimum atomic E-state index is -0.132. The van der Waals surface area contributed by atoms with Gasteiger partial charge in [0.15, 0.2) is 11.5 Å². The van der Waals surface area contributed by atoms with Gasteiger partial charge >= 0.3 is 0 Å². The van der Waals surface area contributed by atoms with E-state index >= 15 is 0 Å². The fraction of sp³-hybridized carbons (Fsp3) is 0.448. The van der Waals surface area contributed by atoms with Crippen LogP contribution in [0.5, 0.6) is 5.75 Å². The van der Waals surface area contributed by atoms with Crippen LogP contribution in [0.25, 0.3) is 22.0 Å². The SMILES string of the molecule is CN(CCO)C[C@H]1CC[C@H](Nc2c(C(=O)C3CC3)cnc3ccc(-c4cc(Cl)c(O)c(Cl)c4)cc23)CC1.Cl. The Morgan fingerprint density at radius 3 is 2.37 bits per heavy atom. The molecule has 2 aromatic carbocycles. The van der Waals surface area contributed by atoms with Crippen molar-refractivity contribution in [3.63, 3.8) is 0 Å². The van der Waals surface area contributed by atoms with E-state index in [2.05, 4.69) is 22.2 Å². The summed E-state index contributed by atoms with van der Waals surface area (Å²) in [6, 6.07) is 9.59. The third kappa shape index (κ3) is 6.37. The number of phenolic OH excluding ortho intramolecular Hbond substituents is 1. The van der Waals surface area contributed by atoms with Crippen molar-refractivity contribution in [3.05, 3.63) is 52.1 Å². The summed E-state index contributed by atoms with van der Waals surface area (Å²) in [6.07, 6.45) is 7.88.